The van der Waals surface area contributed by atoms with Crippen LogP contribution >= 0.6 is 11.3 Å². The predicted octanol–water partition coefficient (Wildman–Crippen LogP) is 3.70. The molecule has 1 aromatic heterocycles. The number of nitriles is 1. The van der Waals surface area contributed by atoms with Crippen molar-refractivity contribution in [2.24, 2.45) is 0 Å². The maximum atomic E-state index is 12.3. The van der Waals surface area contributed by atoms with Gasteiger partial charge in [0.2, 0.25) is 0 Å². The molecule has 0 fully saturated rings. The number of esters is 2. The molecule has 0 unspecified atom stereocenters. The summed E-state index contributed by atoms with van der Waals surface area (Å²) in [6.07, 6.45) is 1.39. The molecule has 32 heavy (non-hydrogen) atoms. The first-order chi connectivity index (χ1) is 15.2. The number of aryl methyl sites for hydroxylation is 1. The fraction of sp³-hybridized carbons (Fsp3) is 0.304. The van der Waals surface area contributed by atoms with Gasteiger partial charge in [0.25, 0.3) is 5.91 Å². The summed E-state index contributed by atoms with van der Waals surface area (Å²) in [4.78, 5) is 39.5. The molecule has 2 rings (SSSR count). The van der Waals surface area contributed by atoms with Crippen LogP contribution in [-0.4, -0.2) is 45.2 Å². The summed E-state index contributed by atoms with van der Waals surface area (Å²) < 4.78 is 10.0. The lowest BCUT2D eigenvalue weighted by atomic mass is 10.1. The highest BCUT2D eigenvalue weighted by atomic mass is 32.1. The SMILES string of the molecule is CCOC(=O)c1c(NC(=O)COC(=O)/C(C#N)=C/c2ccc(N(C)C)cc2)sc(C)c1C. The summed E-state index contributed by atoms with van der Waals surface area (Å²) in [5.74, 6) is -2.07. The fourth-order valence-electron chi connectivity index (χ4n) is 2.71. The molecule has 0 bridgehead atoms. The van der Waals surface area contributed by atoms with Gasteiger partial charge in [0.1, 0.15) is 16.6 Å². The van der Waals surface area contributed by atoms with Crippen LogP contribution in [-0.2, 0) is 19.1 Å². The zero-order valence-electron chi connectivity index (χ0n) is 18.6. The molecule has 8 nitrogen and oxygen atoms in total. The fourth-order valence-corrected chi connectivity index (χ4v) is 3.77. The number of hydrogen-bond acceptors (Lipinski definition) is 8. The molecule has 1 amide bonds. The van der Waals surface area contributed by atoms with E-state index in [1.165, 1.54) is 17.4 Å². The van der Waals surface area contributed by atoms with E-state index in [4.69, 9.17) is 9.47 Å². The Morgan fingerprint density at radius 1 is 1.16 bits per heavy atom. The van der Waals surface area contributed by atoms with Gasteiger partial charge in [-0.3, -0.25) is 4.79 Å². The molecule has 168 valence electrons. The largest absolute Gasteiger partial charge is 0.462 e. The van der Waals surface area contributed by atoms with Crippen molar-refractivity contribution < 1.29 is 23.9 Å². The van der Waals surface area contributed by atoms with Crippen LogP contribution in [0.5, 0.6) is 0 Å². The Labute approximate surface area is 191 Å². The van der Waals surface area contributed by atoms with E-state index >= 15 is 0 Å². The summed E-state index contributed by atoms with van der Waals surface area (Å²) >= 11 is 1.23. The van der Waals surface area contributed by atoms with Gasteiger partial charge in [-0.1, -0.05) is 12.1 Å². The Morgan fingerprint density at radius 2 is 1.81 bits per heavy atom. The average molecular weight is 456 g/mol. The maximum Gasteiger partial charge on any atom is 0.349 e. The van der Waals surface area contributed by atoms with Crippen molar-refractivity contribution in [1.29, 1.82) is 5.26 Å². The Morgan fingerprint density at radius 3 is 2.38 bits per heavy atom. The third-order valence-corrected chi connectivity index (χ3v) is 5.64. The molecule has 0 aliphatic heterocycles. The number of carbonyl (C=O) groups excluding carboxylic acids is 3. The summed E-state index contributed by atoms with van der Waals surface area (Å²) in [7, 11) is 3.81. The van der Waals surface area contributed by atoms with Gasteiger partial charge in [-0.2, -0.15) is 5.26 Å². The highest BCUT2D eigenvalue weighted by Gasteiger charge is 2.22. The molecule has 1 heterocycles. The van der Waals surface area contributed by atoms with Gasteiger partial charge >= 0.3 is 11.9 Å². The van der Waals surface area contributed by atoms with Gasteiger partial charge < -0.3 is 19.7 Å². The molecule has 1 aromatic carbocycles. The molecule has 2 aromatic rings. The maximum absolute atomic E-state index is 12.3. The number of nitrogens with zero attached hydrogens (tertiary/aromatic N) is 2. The standard InChI is InChI=1S/C23H25N3O5S/c1-6-30-23(29)20-14(2)15(3)32-21(20)25-19(27)13-31-22(28)17(12-24)11-16-7-9-18(10-8-16)26(4)5/h7-11H,6,13H2,1-5H3,(H,25,27)/b17-11+. The van der Waals surface area contributed by atoms with Gasteiger partial charge in [-0.05, 0) is 50.1 Å². The van der Waals surface area contributed by atoms with Crippen LogP contribution in [0.25, 0.3) is 6.08 Å². The Hall–Kier alpha value is -3.64. The van der Waals surface area contributed by atoms with E-state index < -0.39 is 24.5 Å². The van der Waals surface area contributed by atoms with Gasteiger partial charge in [0.05, 0.1) is 12.2 Å². The van der Waals surface area contributed by atoms with Crippen molar-refractivity contribution in [2.75, 3.05) is 37.5 Å². The van der Waals surface area contributed by atoms with Crippen molar-refractivity contribution in [3.05, 3.63) is 51.4 Å². The zero-order valence-corrected chi connectivity index (χ0v) is 19.5. The number of nitrogens with one attached hydrogen (secondary N) is 1. The Balaban J connectivity index is 2.04. The highest BCUT2D eigenvalue weighted by Crippen LogP contribution is 2.33. The second-order valence-corrected chi connectivity index (χ2v) is 8.21. The number of ether oxygens (including phenoxy) is 2. The molecular weight excluding hydrogens is 430 g/mol. The van der Waals surface area contributed by atoms with E-state index in [-0.39, 0.29) is 17.7 Å². The van der Waals surface area contributed by atoms with Crippen LogP contribution in [0.1, 0.15) is 33.3 Å². The lowest BCUT2D eigenvalue weighted by Crippen LogP contribution is -2.22. The van der Waals surface area contributed by atoms with Crippen LogP contribution in [0, 0.1) is 25.2 Å². The number of carbonyl (C=O) groups is 3. The lowest BCUT2D eigenvalue weighted by Gasteiger charge is -2.11. The van der Waals surface area contributed by atoms with Crippen LogP contribution in [0.2, 0.25) is 0 Å². The minimum absolute atomic E-state index is 0.208. The third kappa shape index (κ3) is 6.18. The first kappa shape index (κ1) is 24.6. The number of thiophene rings is 1. The first-order valence-corrected chi connectivity index (χ1v) is 10.6. The van der Waals surface area contributed by atoms with Crippen molar-refractivity contribution in [3.8, 4) is 6.07 Å². The summed E-state index contributed by atoms with van der Waals surface area (Å²) in [5.41, 5.74) is 2.40. The average Bonchev–Trinajstić information content (AvgIpc) is 3.03. The number of amides is 1. The van der Waals surface area contributed by atoms with Gasteiger partial charge in [0, 0.05) is 24.7 Å². The smallest absolute Gasteiger partial charge is 0.349 e. The molecule has 0 aliphatic rings. The number of benzene rings is 1. The third-order valence-electron chi connectivity index (χ3n) is 4.51. The number of rotatable bonds is 8. The van der Waals surface area contributed by atoms with Crippen molar-refractivity contribution in [3.63, 3.8) is 0 Å². The van der Waals surface area contributed by atoms with Crippen molar-refractivity contribution >= 4 is 45.9 Å². The predicted molar refractivity (Wildman–Crippen MR) is 124 cm³/mol. The van der Waals surface area contributed by atoms with Gasteiger partial charge in [-0.15, -0.1) is 11.3 Å². The first-order valence-electron chi connectivity index (χ1n) is 9.81. The van der Waals surface area contributed by atoms with Crippen LogP contribution in [0.3, 0.4) is 0 Å². The lowest BCUT2D eigenvalue weighted by molar-refractivity contribution is -0.142. The second kappa shape index (κ2) is 11.1. The van der Waals surface area contributed by atoms with Gasteiger partial charge in [-0.25, -0.2) is 9.59 Å². The molecule has 0 saturated carbocycles. The van der Waals surface area contributed by atoms with E-state index in [2.05, 4.69) is 5.32 Å². The van der Waals surface area contributed by atoms with Crippen molar-refractivity contribution in [2.45, 2.75) is 20.8 Å². The number of anilines is 2. The summed E-state index contributed by atoms with van der Waals surface area (Å²) in [6.45, 7) is 4.90. The molecule has 0 aliphatic carbocycles. The minimum atomic E-state index is -0.913. The highest BCUT2D eigenvalue weighted by molar-refractivity contribution is 7.16. The molecule has 1 N–H and O–H groups in total. The van der Waals surface area contributed by atoms with E-state index in [9.17, 15) is 19.6 Å². The molecule has 0 radical (unpaired) electrons. The van der Waals surface area contributed by atoms with E-state index in [0.717, 1.165) is 16.1 Å². The topological polar surface area (TPSA) is 109 Å². The van der Waals surface area contributed by atoms with E-state index in [1.807, 2.05) is 38.1 Å². The number of hydrogen-bond donors (Lipinski definition) is 1. The monoisotopic (exact) mass is 455 g/mol. The van der Waals surface area contributed by atoms with Crippen molar-refractivity contribution in [1.82, 2.24) is 0 Å². The second-order valence-electron chi connectivity index (χ2n) is 6.99. The Bertz CT molecular complexity index is 1080. The summed E-state index contributed by atoms with van der Waals surface area (Å²) in [6, 6.07) is 9.04. The Kier molecular flexibility index (Phi) is 8.55. The minimum Gasteiger partial charge on any atom is -0.462 e. The van der Waals surface area contributed by atoms with Gasteiger partial charge in [0.15, 0.2) is 6.61 Å². The van der Waals surface area contributed by atoms with Crippen LogP contribution in [0.4, 0.5) is 10.7 Å². The normalized spacial score (nSPS) is 10.8. The molecule has 0 spiro atoms. The zero-order chi connectivity index (χ0) is 23.8. The van der Waals surface area contributed by atoms with Crippen LogP contribution in [0.15, 0.2) is 29.8 Å². The molecular formula is C23H25N3O5S. The summed E-state index contributed by atoms with van der Waals surface area (Å²) in [5, 5.41) is 12.2. The molecule has 0 atom stereocenters. The quantitative estimate of drug-likeness (QED) is 0.367. The molecule has 9 heteroatoms. The van der Waals surface area contributed by atoms with Crippen LogP contribution < -0.4 is 10.2 Å². The van der Waals surface area contributed by atoms with E-state index in [1.54, 1.807) is 32.0 Å². The molecule has 0 saturated heterocycles. The van der Waals surface area contributed by atoms with E-state index in [0.29, 0.717) is 10.6 Å².